The van der Waals surface area contributed by atoms with Gasteiger partial charge in [-0.3, -0.25) is 14.6 Å². The van der Waals surface area contributed by atoms with E-state index in [0.717, 1.165) is 36.3 Å². The van der Waals surface area contributed by atoms with E-state index >= 15 is 0 Å². The Morgan fingerprint density at radius 2 is 2.04 bits per heavy atom. The molecule has 0 bridgehead atoms. The molecule has 27 heavy (non-hydrogen) atoms. The van der Waals surface area contributed by atoms with Gasteiger partial charge in [0.25, 0.3) is 5.56 Å². The Balaban J connectivity index is 1.83. The molecule has 0 fully saturated rings. The monoisotopic (exact) mass is 382 g/mol. The largest absolute Gasteiger partial charge is 0.343 e. The van der Waals surface area contributed by atoms with Gasteiger partial charge in [-0.05, 0) is 30.5 Å². The maximum Gasteiger partial charge on any atom is 0.257 e. The minimum absolute atomic E-state index is 0.160. The number of nitrogens with zero attached hydrogens (tertiary/aromatic N) is 2. The highest BCUT2D eigenvalue weighted by Crippen LogP contribution is 2.44. The summed E-state index contributed by atoms with van der Waals surface area (Å²) >= 11 is 1.56. The number of Topliss-reactive ketones (excluding diaryl/α,β-unsaturated/α-hetero) is 1. The van der Waals surface area contributed by atoms with Crippen molar-refractivity contribution in [2.24, 2.45) is 5.92 Å². The van der Waals surface area contributed by atoms with Gasteiger partial charge in [-0.25, -0.2) is 4.98 Å². The summed E-state index contributed by atoms with van der Waals surface area (Å²) in [7, 11) is 0. The standard InChI is InChI=1S/C20H22N4O2S/c1-2-3-11-27-20-23-18-17(19(26)24-20)15(12-7-9-21-10-8-12)16-13(22-18)5-4-6-14(16)25/h5,7-10,15-16H,2-4,6,11H2,1H3,(H2,22,23,24,26)/t15-,16-/m0/s1. The molecule has 2 aromatic rings. The lowest BCUT2D eigenvalue weighted by molar-refractivity contribution is -0.122. The predicted octanol–water partition coefficient (Wildman–Crippen LogP) is 3.48. The van der Waals surface area contributed by atoms with Crippen LogP contribution in [0.15, 0.2) is 46.3 Å². The number of anilines is 1. The molecule has 7 heteroatoms. The van der Waals surface area contributed by atoms with Gasteiger partial charge in [-0.2, -0.15) is 0 Å². The normalized spacial score (nSPS) is 21.1. The molecule has 0 spiro atoms. The van der Waals surface area contributed by atoms with Crippen LogP contribution in [-0.2, 0) is 4.79 Å². The molecule has 2 atom stereocenters. The van der Waals surface area contributed by atoms with E-state index in [1.54, 1.807) is 24.2 Å². The van der Waals surface area contributed by atoms with E-state index in [2.05, 4.69) is 33.3 Å². The highest BCUT2D eigenvalue weighted by molar-refractivity contribution is 7.99. The zero-order valence-electron chi connectivity index (χ0n) is 15.2. The number of pyridine rings is 1. The maximum absolute atomic E-state index is 13.0. The van der Waals surface area contributed by atoms with Gasteiger partial charge in [-0.1, -0.05) is 31.2 Å². The number of hydrogen-bond donors (Lipinski definition) is 2. The molecular formula is C20H22N4O2S. The number of nitrogens with one attached hydrogen (secondary N) is 2. The van der Waals surface area contributed by atoms with Crippen molar-refractivity contribution in [3.05, 3.63) is 57.8 Å². The lowest BCUT2D eigenvalue weighted by Crippen LogP contribution is -2.38. The van der Waals surface area contributed by atoms with Crippen molar-refractivity contribution in [3.8, 4) is 0 Å². The van der Waals surface area contributed by atoms with Crippen LogP contribution < -0.4 is 10.9 Å². The molecule has 2 aromatic heterocycles. The zero-order valence-corrected chi connectivity index (χ0v) is 16.0. The third-order valence-corrected chi connectivity index (χ3v) is 6.04. The number of hydrogen-bond acceptors (Lipinski definition) is 6. The molecule has 0 amide bonds. The minimum atomic E-state index is -0.366. The number of carbonyl (C=O) groups excluding carboxylic acids is 1. The molecule has 0 radical (unpaired) electrons. The molecule has 0 unspecified atom stereocenters. The van der Waals surface area contributed by atoms with E-state index < -0.39 is 0 Å². The Hall–Kier alpha value is -2.41. The third-order valence-electron chi connectivity index (χ3n) is 5.08. The van der Waals surface area contributed by atoms with Crippen LogP contribution in [0.3, 0.4) is 0 Å². The highest BCUT2D eigenvalue weighted by atomic mass is 32.2. The third kappa shape index (κ3) is 3.43. The molecule has 4 rings (SSSR count). The molecule has 0 aromatic carbocycles. The number of ketones is 1. The van der Waals surface area contributed by atoms with Gasteiger partial charge >= 0.3 is 0 Å². The number of H-pyrrole nitrogens is 1. The molecule has 140 valence electrons. The van der Waals surface area contributed by atoms with Gasteiger partial charge in [0.15, 0.2) is 5.16 Å². The number of unbranched alkanes of at least 4 members (excludes halogenated alkanes) is 1. The van der Waals surface area contributed by atoms with Crippen molar-refractivity contribution in [1.82, 2.24) is 15.0 Å². The fraction of sp³-hybridized carbons (Fsp3) is 0.400. The average molecular weight is 382 g/mol. The van der Waals surface area contributed by atoms with E-state index in [0.29, 0.717) is 23.0 Å². The number of thioether (sulfide) groups is 1. The lowest BCUT2D eigenvalue weighted by Gasteiger charge is -2.36. The fourth-order valence-electron chi connectivity index (χ4n) is 3.78. The molecule has 6 nitrogen and oxygen atoms in total. The second-order valence-corrected chi connectivity index (χ2v) is 7.94. The Kier molecular flexibility index (Phi) is 5.11. The van der Waals surface area contributed by atoms with Crippen LogP contribution in [0.5, 0.6) is 0 Å². The molecule has 2 N–H and O–H groups in total. The van der Waals surface area contributed by atoms with E-state index in [-0.39, 0.29) is 23.2 Å². The van der Waals surface area contributed by atoms with Gasteiger partial charge in [0.05, 0.1) is 11.5 Å². The maximum atomic E-state index is 13.0. The summed E-state index contributed by atoms with van der Waals surface area (Å²) in [4.78, 5) is 37.4. The Labute approximate surface area is 161 Å². The van der Waals surface area contributed by atoms with Crippen LogP contribution in [0.1, 0.15) is 49.7 Å². The van der Waals surface area contributed by atoms with E-state index in [1.165, 1.54) is 0 Å². The van der Waals surface area contributed by atoms with Crippen molar-refractivity contribution in [1.29, 1.82) is 0 Å². The van der Waals surface area contributed by atoms with Crippen molar-refractivity contribution < 1.29 is 4.79 Å². The van der Waals surface area contributed by atoms with Crippen molar-refractivity contribution in [3.63, 3.8) is 0 Å². The first kappa shape index (κ1) is 18.0. The van der Waals surface area contributed by atoms with Gasteiger partial charge in [0.1, 0.15) is 11.6 Å². The number of aromatic nitrogens is 3. The first-order valence-corrected chi connectivity index (χ1v) is 10.3. The summed E-state index contributed by atoms with van der Waals surface area (Å²) in [6.45, 7) is 2.14. The summed E-state index contributed by atoms with van der Waals surface area (Å²) in [6.07, 6.45) is 8.85. The van der Waals surface area contributed by atoms with Crippen LogP contribution in [0, 0.1) is 5.92 Å². The van der Waals surface area contributed by atoms with Gasteiger partial charge in [0.2, 0.25) is 0 Å². The Bertz CT molecular complexity index is 939. The summed E-state index contributed by atoms with van der Waals surface area (Å²) in [6, 6.07) is 3.76. The topological polar surface area (TPSA) is 87.7 Å². The van der Waals surface area contributed by atoms with E-state index in [1.807, 2.05) is 12.1 Å². The first-order chi connectivity index (χ1) is 13.2. The zero-order chi connectivity index (χ0) is 18.8. The van der Waals surface area contributed by atoms with E-state index in [4.69, 9.17) is 0 Å². The SMILES string of the molecule is CCCCSc1nc2c(c(=O)[nH]1)[C@@H](c1ccncc1)[C@@H]1C(=O)CCC=C1N2. The van der Waals surface area contributed by atoms with Gasteiger partial charge in [0, 0.05) is 36.2 Å². The molecule has 2 aliphatic rings. The minimum Gasteiger partial charge on any atom is -0.343 e. The van der Waals surface area contributed by atoms with Crippen molar-refractivity contribution in [2.45, 2.75) is 43.7 Å². The van der Waals surface area contributed by atoms with Gasteiger partial charge < -0.3 is 10.3 Å². The number of carbonyl (C=O) groups is 1. The summed E-state index contributed by atoms with van der Waals surface area (Å²) in [5.41, 5.74) is 2.14. The summed E-state index contributed by atoms with van der Waals surface area (Å²) in [5, 5.41) is 3.90. The van der Waals surface area contributed by atoms with Gasteiger partial charge in [-0.15, -0.1) is 0 Å². The molecule has 0 saturated heterocycles. The second-order valence-electron chi connectivity index (χ2n) is 6.86. The van der Waals surface area contributed by atoms with E-state index in [9.17, 15) is 9.59 Å². The van der Waals surface area contributed by atoms with Crippen LogP contribution in [0.25, 0.3) is 0 Å². The van der Waals surface area contributed by atoms with Crippen molar-refractivity contribution in [2.75, 3.05) is 11.1 Å². The average Bonchev–Trinajstić information content (AvgIpc) is 2.67. The first-order valence-electron chi connectivity index (χ1n) is 9.35. The smallest absolute Gasteiger partial charge is 0.257 e. The molecular weight excluding hydrogens is 360 g/mol. The fourth-order valence-corrected chi connectivity index (χ4v) is 4.73. The van der Waals surface area contributed by atoms with Crippen LogP contribution >= 0.6 is 11.8 Å². The quantitative estimate of drug-likeness (QED) is 0.468. The molecule has 0 saturated carbocycles. The lowest BCUT2D eigenvalue weighted by atomic mass is 9.72. The molecule has 1 aliphatic heterocycles. The number of fused-ring (bicyclic) bond motifs is 2. The summed E-state index contributed by atoms with van der Waals surface area (Å²) in [5.74, 6) is 0.935. The molecule has 3 heterocycles. The number of aromatic amines is 1. The molecule has 1 aliphatic carbocycles. The van der Waals surface area contributed by atoms with Crippen LogP contribution in [-0.4, -0.2) is 26.5 Å². The number of rotatable bonds is 5. The second kappa shape index (κ2) is 7.68. The predicted molar refractivity (Wildman–Crippen MR) is 106 cm³/mol. The highest BCUT2D eigenvalue weighted by Gasteiger charge is 2.42. The number of allylic oxidation sites excluding steroid dienone is 2. The summed E-state index contributed by atoms with van der Waals surface area (Å²) < 4.78 is 0. The van der Waals surface area contributed by atoms with Crippen LogP contribution in [0.2, 0.25) is 0 Å². The Morgan fingerprint density at radius 1 is 1.22 bits per heavy atom. The Morgan fingerprint density at radius 3 is 2.81 bits per heavy atom. The van der Waals surface area contributed by atoms with Crippen molar-refractivity contribution >= 4 is 23.4 Å². The van der Waals surface area contributed by atoms with Crippen LogP contribution in [0.4, 0.5) is 5.82 Å².